The zero-order valence-electron chi connectivity index (χ0n) is 21.0. The van der Waals surface area contributed by atoms with Gasteiger partial charge in [-0.05, 0) is 36.4 Å². The van der Waals surface area contributed by atoms with Gasteiger partial charge in [0.2, 0.25) is 5.91 Å². The van der Waals surface area contributed by atoms with Gasteiger partial charge in [-0.1, -0.05) is 32.9 Å². The summed E-state index contributed by atoms with van der Waals surface area (Å²) in [5.41, 5.74) is 1.16. The molecule has 0 heterocycles. The smallest absolute Gasteiger partial charge is 0.344 e. The van der Waals surface area contributed by atoms with E-state index in [4.69, 9.17) is 4.74 Å². The summed E-state index contributed by atoms with van der Waals surface area (Å²) in [5, 5.41) is 28.8. The van der Waals surface area contributed by atoms with Crippen molar-refractivity contribution in [1.29, 1.82) is 0 Å². The molecule has 39 heavy (non-hydrogen) atoms. The van der Waals surface area contributed by atoms with Crippen molar-refractivity contribution in [3.05, 3.63) is 104 Å². The molecule has 0 radical (unpaired) electrons. The number of carbonyl (C=O) groups excluding carboxylic acids is 3. The van der Waals surface area contributed by atoms with Crippen LogP contribution in [0.5, 0.6) is 5.75 Å². The predicted molar refractivity (Wildman–Crippen MR) is 141 cm³/mol. The molecule has 0 aliphatic carbocycles. The van der Waals surface area contributed by atoms with Gasteiger partial charge in [0.15, 0.2) is 0 Å². The highest BCUT2D eigenvalue weighted by molar-refractivity contribution is 5.98. The van der Waals surface area contributed by atoms with Gasteiger partial charge in [0.25, 0.3) is 17.3 Å². The maximum absolute atomic E-state index is 12.6. The molecule has 0 aromatic heterocycles. The molecule has 13 nitrogen and oxygen atoms in total. The van der Waals surface area contributed by atoms with Crippen LogP contribution in [0.2, 0.25) is 0 Å². The number of nitro benzene ring substituents is 2. The van der Waals surface area contributed by atoms with Gasteiger partial charge in [-0.2, -0.15) is 5.10 Å². The van der Waals surface area contributed by atoms with Crippen molar-refractivity contribution in [1.82, 2.24) is 5.43 Å². The first-order valence-electron chi connectivity index (χ1n) is 11.3. The van der Waals surface area contributed by atoms with Crippen molar-refractivity contribution >= 4 is 41.1 Å². The van der Waals surface area contributed by atoms with Crippen LogP contribution >= 0.6 is 0 Å². The number of carbonyl (C=O) groups is 3. The lowest BCUT2D eigenvalue weighted by atomic mass is 9.95. The third kappa shape index (κ3) is 7.52. The summed E-state index contributed by atoms with van der Waals surface area (Å²) >= 11 is 0. The molecule has 0 aliphatic heterocycles. The van der Waals surface area contributed by atoms with E-state index in [0.29, 0.717) is 5.69 Å². The summed E-state index contributed by atoms with van der Waals surface area (Å²) < 4.78 is 5.29. The van der Waals surface area contributed by atoms with E-state index in [1.54, 1.807) is 45.0 Å². The van der Waals surface area contributed by atoms with Gasteiger partial charge in [0, 0.05) is 34.4 Å². The lowest BCUT2D eigenvalue weighted by Crippen LogP contribution is -2.27. The van der Waals surface area contributed by atoms with E-state index < -0.39 is 44.1 Å². The van der Waals surface area contributed by atoms with E-state index in [-0.39, 0.29) is 22.8 Å². The number of nitrogens with zero attached hydrogens (tertiary/aromatic N) is 3. The van der Waals surface area contributed by atoms with Gasteiger partial charge >= 0.3 is 5.97 Å². The third-order valence-electron chi connectivity index (χ3n) is 5.14. The van der Waals surface area contributed by atoms with Crippen LogP contribution in [0.3, 0.4) is 0 Å². The van der Waals surface area contributed by atoms with Crippen LogP contribution in [0.4, 0.5) is 17.1 Å². The normalized spacial score (nSPS) is 11.1. The topological polar surface area (TPSA) is 183 Å². The summed E-state index contributed by atoms with van der Waals surface area (Å²) in [6.45, 7) is 5.34. The Labute approximate surface area is 221 Å². The number of esters is 1. The molecule has 2 amide bonds. The molecule has 0 fully saturated rings. The molecule has 3 aromatic rings. The van der Waals surface area contributed by atoms with E-state index in [9.17, 15) is 34.6 Å². The number of nitro groups is 2. The fourth-order valence-corrected chi connectivity index (χ4v) is 3.01. The van der Waals surface area contributed by atoms with E-state index in [0.717, 1.165) is 18.2 Å². The second-order valence-electron chi connectivity index (χ2n) is 9.16. The molecule has 0 saturated heterocycles. The summed E-state index contributed by atoms with van der Waals surface area (Å²) in [6.07, 6.45) is 1.22. The minimum absolute atomic E-state index is 0.00593. The molecule has 3 rings (SSSR count). The minimum Gasteiger partial charge on any atom is -0.422 e. The number of hydrogen-bond acceptors (Lipinski definition) is 9. The molecule has 2 N–H and O–H groups in total. The number of nitrogens with one attached hydrogen (secondary N) is 2. The number of hydrogen-bond donors (Lipinski definition) is 2. The Bertz CT molecular complexity index is 1440. The van der Waals surface area contributed by atoms with Gasteiger partial charge in [-0.15, -0.1) is 0 Å². The van der Waals surface area contributed by atoms with Crippen LogP contribution < -0.4 is 15.5 Å². The van der Waals surface area contributed by atoms with Crippen LogP contribution in [-0.2, 0) is 4.79 Å². The number of benzene rings is 3. The van der Waals surface area contributed by atoms with Crippen molar-refractivity contribution < 1.29 is 29.0 Å². The highest BCUT2D eigenvalue weighted by atomic mass is 16.6. The van der Waals surface area contributed by atoms with Crippen LogP contribution in [-0.4, -0.2) is 33.8 Å². The molecule has 13 heteroatoms. The van der Waals surface area contributed by atoms with Crippen LogP contribution in [0.15, 0.2) is 71.8 Å². The molecule has 0 bridgehead atoms. The number of rotatable bonds is 8. The highest BCUT2D eigenvalue weighted by Gasteiger charge is 2.22. The van der Waals surface area contributed by atoms with Gasteiger partial charge in [-0.25, -0.2) is 10.2 Å². The first kappa shape index (κ1) is 28.1. The summed E-state index contributed by atoms with van der Waals surface area (Å²) in [7, 11) is 0. The highest BCUT2D eigenvalue weighted by Crippen LogP contribution is 2.25. The standard InChI is InChI=1S/C26H23N5O8/c1-26(2,3)25(34)28-19-10-8-16(9-11-19)23(32)29-27-15-17-6-4-5-7-22(17)39-24(33)18-12-20(30(35)36)14-21(13-18)31(37)38/h4-15H,1-3H3,(H,28,34)(H,29,32). The molecule has 0 unspecified atom stereocenters. The lowest BCUT2D eigenvalue weighted by Gasteiger charge is -2.17. The maximum Gasteiger partial charge on any atom is 0.344 e. The Morgan fingerprint density at radius 3 is 2.03 bits per heavy atom. The predicted octanol–water partition coefficient (Wildman–Crippen LogP) is 4.47. The Kier molecular flexibility index (Phi) is 8.45. The van der Waals surface area contributed by atoms with E-state index in [1.807, 2.05) is 0 Å². The Balaban J connectivity index is 1.70. The zero-order valence-corrected chi connectivity index (χ0v) is 21.0. The maximum atomic E-state index is 12.6. The average molecular weight is 533 g/mol. The summed E-state index contributed by atoms with van der Waals surface area (Å²) in [4.78, 5) is 57.6. The van der Waals surface area contributed by atoms with Crippen molar-refractivity contribution in [3.8, 4) is 5.75 Å². The summed E-state index contributed by atoms with van der Waals surface area (Å²) in [6, 6.07) is 14.8. The first-order chi connectivity index (χ1) is 18.3. The fourth-order valence-electron chi connectivity index (χ4n) is 3.01. The average Bonchev–Trinajstić information content (AvgIpc) is 2.89. The van der Waals surface area contributed by atoms with Crippen LogP contribution in [0.25, 0.3) is 0 Å². The van der Waals surface area contributed by atoms with Gasteiger partial charge in [0.1, 0.15) is 5.75 Å². The van der Waals surface area contributed by atoms with E-state index in [2.05, 4.69) is 15.8 Å². The Morgan fingerprint density at radius 2 is 1.46 bits per heavy atom. The SMILES string of the molecule is CC(C)(C)C(=O)Nc1ccc(C(=O)NN=Cc2ccccc2OC(=O)c2cc([N+](=O)[O-])cc([N+](=O)[O-])c2)cc1. The second kappa shape index (κ2) is 11.7. The number of anilines is 1. The van der Waals surface area contributed by atoms with Crippen LogP contribution in [0, 0.1) is 25.6 Å². The minimum atomic E-state index is -1.06. The van der Waals surface area contributed by atoms with E-state index in [1.165, 1.54) is 30.5 Å². The van der Waals surface area contributed by atoms with Crippen molar-refractivity contribution in [2.24, 2.45) is 10.5 Å². The lowest BCUT2D eigenvalue weighted by molar-refractivity contribution is -0.394. The van der Waals surface area contributed by atoms with Gasteiger partial charge < -0.3 is 10.1 Å². The molecular weight excluding hydrogens is 510 g/mol. The van der Waals surface area contributed by atoms with E-state index >= 15 is 0 Å². The monoisotopic (exact) mass is 533 g/mol. The number of non-ortho nitro benzene ring substituents is 2. The number of hydrazone groups is 1. The van der Waals surface area contributed by atoms with Crippen LogP contribution in [0.1, 0.15) is 47.1 Å². The molecule has 0 atom stereocenters. The fraction of sp³-hybridized carbons (Fsp3) is 0.154. The molecule has 0 spiro atoms. The molecule has 0 saturated carbocycles. The summed E-state index contributed by atoms with van der Waals surface area (Å²) in [5.74, 6) is -1.79. The number of ether oxygens (including phenoxy) is 1. The van der Waals surface area contributed by atoms with Crippen molar-refractivity contribution in [3.63, 3.8) is 0 Å². The third-order valence-corrected chi connectivity index (χ3v) is 5.14. The number of para-hydroxylation sites is 1. The Morgan fingerprint density at radius 1 is 0.872 bits per heavy atom. The second-order valence-corrected chi connectivity index (χ2v) is 9.16. The molecular formula is C26H23N5O8. The quantitative estimate of drug-likeness (QED) is 0.140. The Hall–Kier alpha value is -5.46. The first-order valence-corrected chi connectivity index (χ1v) is 11.3. The zero-order chi connectivity index (χ0) is 28.7. The van der Waals surface area contributed by atoms with Crippen molar-refractivity contribution in [2.45, 2.75) is 20.8 Å². The molecule has 0 aliphatic rings. The molecule has 3 aromatic carbocycles. The van der Waals surface area contributed by atoms with Gasteiger partial charge in [0.05, 0.1) is 27.7 Å². The van der Waals surface area contributed by atoms with Crippen molar-refractivity contribution in [2.75, 3.05) is 5.32 Å². The largest absolute Gasteiger partial charge is 0.422 e. The number of amides is 2. The van der Waals surface area contributed by atoms with Gasteiger partial charge in [-0.3, -0.25) is 29.8 Å². The molecule has 200 valence electrons.